The lowest BCUT2D eigenvalue weighted by molar-refractivity contribution is 0.0640. The number of hydrogen-bond acceptors (Lipinski definition) is 4. The Morgan fingerprint density at radius 2 is 1.96 bits per heavy atom. The van der Waals surface area contributed by atoms with Gasteiger partial charge < -0.3 is 15.4 Å². The molecule has 25 heavy (non-hydrogen) atoms. The van der Waals surface area contributed by atoms with Crippen LogP contribution in [0.5, 0.6) is 0 Å². The van der Waals surface area contributed by atoms with Gasteiger partial charge in [-0.2, -0.15) is 0 Å². The summed E-state index contributed by atoms with van der Waals surface area (Å²) >= 11 is 0. The van der Waals surface area contributed by atoms with Gasteiger partial charge in [-0.25, -0.2) is 14.6 Å². The number of amides is 2. The monoisotopic (exact) mass is 351 g/mol. The summed E-state index contributed by atoms with van der Waals surface area (Å²) < 4.78 is 5.36. The summed E-state index contributed by atoms with van der Waals surface area (Å²) in [6.07, 6.45) is 7.63. The Labute approximate surface area is 151 Å². The Bertz CT molecular complexity index is 496. The maximum absolute atomic E-state index is 12.3. The molecule has 1 saturated carbocycles. The summed E-state index contributed by atoms with van der Waals surface area (Å²) in [4.78, 5) is 26.5. The predicted molar refractivity (Wildman–Crippen MR) is 97.2 cm³/mol. The van der Waals surface area contributed by atoms with Gasteiger partial charge in [0, 0.05) is 25.8 Å². The maximum atomic E-state index is 12.3. The largest absolute Gasteiger partial charge is 0.381 e. The molecule has 142 valence electrons. The van der Waals surface area contributed by atoms with Gasteiger partial charge >= 0.3 is 6.03 Å². The van der Waals surface area contributed by atoms with E-state index < -0.39 is 0 Å². The van der Waals surface area contributed by atoms with Crippen LogP contribution in [0.25, 0.3) is 0 Å². The molecule has 0 radical (unpaired) electrons. The summed E-state index contributed by atoms with van der Waals surface area (Å²) in [5, 5.41) is 6.13. The smallest absolute Gasteiger partial charge is 0.315 e. The van der Waals surface area contributed by atoms with Crippen molar-refractivity contribution in [1.82, 2.24) is 10.6 Å². The van der Waals surface area contributed by atoms with Crippen LogP contribution in [-0.2, 0) is 9.53 Å². The second-order valence-electron chi connectivity index (χ2n) is 8.91. The van der Waals surface area contributed by atoms with E-state index in [0.29, 0.717) is 19.0 Å². The first-order chi connectivity index (χ1) is 11.8. The molecule has 0 spiro atoms. The molecule has 1 saturated heterocycles. The number of nitrogens with one attached hydrogen (secondary N) is 2. The van der Waals surface area contributed by atoms with Gasteiger partial charge in [-0.05, 0) is 55.3 Å². The minimum Gasteiger partial charge on any atom is -0.381 e. The summed E-state index contributed by atoms with van der Waals surface area (Å²) in [5.41, 5.74) is 0.0463. The van der Waals surface area contributed by atoms with Gasteiger partial charge in [0.25, 0.3) is 0 Å². The van der Waals surface area contributed by atoms with Crippen molar-refractivity contribution >= 4 is 12.1 Å². The first-order valence-electron chi connectivity index (χ1n) is 9.48. The molecule has 2 aliphatic rings. The summed E-state index contributed by atoms with van der Waals surface area (Å²) in [6, 6.07) is 0.0229. The van der Waals surface area contributed by atoms with Gasteiger partial charge in [0.15, 0.2) is 0 Å². The van der Waals surface area contributed by atoms with Crippen LogP contribution in [0.3, 0.4) is 0 Å². The van der Waals surface area contributed by atoms with Crippen molar-refractivity contribution in [2.45, 2.75) is 65.3 Å². The zero-order valence-electron chi connectivity index (χ0n) is 15.9. The van der Waals surface area contributed by atoms with E-state index in [1.807, 2.05) is 0 Å². The molecule has 0 aromatic heterocycles. The number of carbonyl (C=O) groups is 1. The van der Waals surface area contributed by atoms with Crippen molar-refractivity contribution in [1.29, 1.82) is 0 Å². The number of isocyanates is 1. The molecule has 2 N–H and O–H groups in total. The summed E-state index contributed by atoms with van der Waals surface area (Å²) in [7, 11) is 0. The molecular weight excluding hydrogens is 318 g/mol. The number of urea groups is 1. The topological polar surface area (TPSA) is 79.8 Å². The Morgan fingerprint density at radius 1 is 1.24 bits per heavy atom. The highest BCUT2D eigenvalue weighted by molar-refractivity contribution is 5.74. The molecule has 1 aliphatic heterocycles. The van der Waals surface area contributed by atoms with Crippen molar-refractivity contribution < 1.29 is 14.3 Å². The van der Waals surface area contributed by atoms with E-state index in [2.05, 4.69) is 36.4 Å². The molecule has 2 unspecified atom stereocenters. The van der Waals surface area contributed by atoms with Gasteiger partial charge in [-0.15, -0.1) is 0 Å². The van der Waals surface area contributed by atoms with Crippen LogP contribution in [-0.4, -0.2) is 44.5 Å². The lowest BCUT2D eigenvalue weighted by Gasteiger charge is -2.46. The molecule has 2 rings (SSSR count). The van der Waals surface area contributed by atoms with Crippen molar-refractivity contribution in [3.63, 3.8) is 0 Å². The van der Waals surface area contributed by atoms with Crippen LogP contribution < -0.4 is 10.6 Å². The molecule has 2 atom stereocenters. The first-order valence-corrected chi connectivity index (χ1v) is 9.48. The van der Waals surface area contributed by atoms with E-state index >= 15 is 0 Å². The minimum absolute atomic E-state index is 0.0702. The molecule has 0 aromatic carbocycles. The molecule has 6 nitrogen and oxygen atoms in total. The Morgan fingerprint density at radius 3 is 2.64 bits per heavy atom. The molecular formula is C19H33N3O3. The van der Waals surface area contributed by atoms with Gasteiger partial charge in [0.05, 0.1) is 6.54 Å². The Balaban J connectivity index is 1.78. The molecule has 2 amide bonds. The third-order valence-electron chi connectivity index (χ3n) is 5.48. The molecule has 1 heterocycles. The molecule has 2 fully saturated rings. The van der Waals surface area contributed by atoms with Gasteiger partial charge in [0.2, 0.25) is 6.08 Å². The zero-order chi connectivity index (χ0) is 18.3. The zero-order valence-corrected chi connectivity index (χ0v) is 15.9. The van der Waals surface area contributed by atoms with Crippen LogP contribution in [0.4, 0.5) is 4.79 Å². The number of hydrogen-bond donors (Lipinski definition) is 2. The van der Waals surface area contributed by atoms with Crippen LogP contribution >= 0.6 is 0 Å². The molecule has 0 aromatic rings. The van der Waals surface area contributed by atoms with E-state index in [1.54, 1.807) is 6.08 Å². The van der Waals surface area contributed by atoms with Gasteiger partial charge in [-0.1, -0.05) is 20.8 Å². The van der Waals surface area contributed by atoms with Gasteiger partial charge in [0.1, 0.15) is 0 Å². The number of ether oxygens (including phenoxy) is 1. The van der Waals surface area contributed by atoms with Crippen LogP contribution in [0, 0.1) is 16.7 Å². The lowest BCUT2D eigenvalue weighted by atomic mass is 9.62. The lowest BCUT2D eigenvalue weighted by Crippen LogP contribution is -2.50. The van der Waals surface area contributed by atoms with Crippen molar-refractivity contribution in [2.24, 2.45) is 21.7 Å². The van der Waals surface area contributed by atoms with Crippen molar-refractivity contribution in [3.05, 3.63) is 0 Å². The average Bonchev–Trinajstić information content (AvgIpc) is 2.52. The number of carbonyl (C=O) groups excluding carboxylic acids is 2. The fourth-order valence-corrected chi connectivity index (χ4v) is 4.74. The summed E-state index contributed by atoms with van der Waals surface area (Å²) in [6.45, 7) is 9.44. The second kappa shape index (κ2) is 8.81. The van der Waals surface area contributed by atoms with Crippen LogP contribution in [0.1, 0.15) is 59.3 Å². The third kappa shape index (κ3) is 6.79. The van der Waals surface area contributed by atoms with Gasteiger partial charge in [-0.3, -0.25) is 0 Å². The SMILES string of the molecule is CC1(C)CC(NC(=O)NCCC2CCOCC2)CC(C)(CN=C=O)C1. The van der Waals surface area contributed by atoms with E-state index in [0.717, 1.165) is 51.7 Å². The van der Waals surface area contributed by atoms with E-state index in [1.165, 1.54) is 0 Å². The highest BCUT2D eigenvalue weighted by Gasteiger charge is 2.41. The molecule has 1 aliphatic carbocycles. The van der Waals surface area contributed by atoms with Crippen molar-refractivity contribution in [2.75, 3.05) is 26.3 Å². The highest BCUT2D eigenvalue weighted by Crippen LogP contribution is 2.46. The Kier molecular flexibility index (Phi) is 7.03. The van der Waals surface area contributed by atoms with Crippen molar-refractivity contribution in [3.8, 4) is 0 Å². The highest BCUT2D eigenvalue weighted by atomic mass is 16.5. The fourth-order valence-electron chi connectivity index (χ4n) is 4.74. The number of rotatable bonds is 6. The molecule has 0 bridgehead atoms. The summed E-state index contributed by atoms with van der Waals surface area (Å²) in [5.74, 6) is 0.659. The third-order valence-corrected chi connectivity index (χ3v) is 5.48. The van der Waals surface area contributed by atoms with Crippen LogP contribution in [0.15, 0.2) is 4.99 Å². The van der Waals surface area contributed by atoms with Crippen LogP contribution in [0.2, 0.25) is 0 Å². The Hall–Kier alpha value is -1.39. The number of nitrogens with zero attached hydrogens (tertiary/aromatic N) is 1. The molecule has 6 heteroatoms. The predicted octanol–water partition coefficient (Wildman–Crippen LogP) is 3.02. The number of aliphatic imine (C=N–C) groups is 1. The maximum Gasteiger partial charge on any atom is 0.315 e. The second-order valence-corrected chi connectivity index (χ2v) is 8.91. The average molecular weight is 351 g/mol. The normalized spacial score (nSPS) is 29.5. The first kappa shape index (κ1) is 19.9. The quantitative estimate of drug-likeness (QED) is 0.570. The van der Waals surface area contributed by atoms with E-state index in [-0.39, 0.29) is 22.9 Å². The van der Waals surface area contributed by atoms with E-state index in [9.17, 15) is 9.59 Å². The standard InChI is InChI=1S/C19H33N3O3/c1-18(2)10-16(11-19(3,12-18)13-20-14-23)22-17(24)21-7-4-15-5-8-25-9-6-15/h15-16H,4-13H2,1-3H3,(H2,21,22,24). The fraction of sp³-hybridized carbons (Fsp3) is 0.895. The van der Waals surface area contributed by atoms with E-state index in [4.69, 9.17) is 4.74 Å². The minimum atomic E-state index is -0.0870.